The van der Waals surface area contributed by atoms with Gasteiger partial charge in [0, 0.05) is 0 Å². The zero-order valence-corrected chi connectivity index (χ0v) is 12.4. The fourth-order valence-electron chi connectivity index (χ4n) is 1.60. The molecule has 0 aliphatic carbocycles. The van der Waals surface area contributed by atoms with Gasteiger partial charge in [0.15, 0.2) is 5.65 Å². The second-order valence-corrected chi connectivity index (χ2v) is 5.07. The number of fused-ring (bicyclic) bond motifs is 1. The number of thioether (sulfide) groups is 1. The van der Waals surface area contributed by atoms with Crippen molar-refractivity contribution >= 4 is 34.8 Å². The van der Waals surface area contributed by atoms with Crippen LogP contribution in [0.1, 0.15) is 13.8 Å². The van der Waals surface area contributed by atoms with Crippen LogP contribution < -0.4 is 5.32 Å². The molecule has 2 aromatic rings. The highest BCUT2D eigenvalue weighted by Crippen LogP contribution is 2.21. The fourth-order valence-corrected chi connectivity index (χ4v) is 2.36. The summed E-state index contributed by atoms with van der Waals surface area (Å²) in [5.41, 5.74) is 1.24. The van der Waals surface area contributed by atoms with Gasteiger partial charge in [-0.25, -0.2) is 19.7 Å². The third-order valence-corrected chi connectivity index (χ3v) is 3.54. The van der Waals surface area contributed by atoms with E-state index in [-0.39, 0.29) is 18.3 Å². The molecule has 112 valence electrons. The van der Waals surface area contributed by atoms with E-state index >= 15 is 0 Å². The lowest BCUT2D eigenvalue weighted by Crippen LogP contribution is -2.40. The Morgan fingerprint density at radius 3 is 3.00 bits per heavy atom. The predicted octanol–water partition coefficient (Wildman–Crippen LogP) is 0.513. The SMILES string of the molecule is CCOC(=O)[C@H](C)NC(=O)CSc1ncnc2nc[nH]c12. The molecule has 0 radical (unpaired) electrons. The van der Waals surface area contributed by atoms with Crippen LogP contribution in [0, 0.1) is 0 Å². The van der Waals surface area contributed by atoms with Crippen LogP contribution in [-0.4, -0.2) is 50.2 Å². The lowest BCUT2D eigenvalue weighted by atomic mass is 10.3. The van der Waals surface area contributed by atoms with E-state index in [1.165, 1.54) is 24.4 Å². The number of amides is 1. The maximum atomic E-state index is 11.8. The number of carbonyl (C=O) groups is 2. The first kappa shape index (κ1) is 15.2. The van der Waals surface area contributed by atoms with Gasteiger partial charge < -0.3 is 15.0 Å². The smallest absolute Gasteiger partial charge is 0.328 e. The van der Waals surface area contributed by atoms with Crippen LogP contribution in [0.2, 0.25) is 0 Å². The Morgan fingerprint density at radius 1 is 1.43 bits per heavy atom. The second-order valence-electron chi connectivity index (χ2n) is 4.11. The normalized spacial score (nSPS) is 12.1. The topological polar surface area (TPSA) is 110 Å². The van der Waals surface area contributed by atoms with Crippen LogP contribution in [0.5, 0.6) is 0 Å². The van der Waals surface area contributed by atoms with Crippen molar-refractivity contribution in [2.45, 2.75) is 24.9 Å². The Balaban J connectivity index is 1.89. The molecular formula is C12H15N5O3S. The van der Waals surface area contributed by atoms with Crippen molar-refractivity contribution in [3.05, 3.63) is 12.7 Å². The summed E-state index contributed by atoms with van der Waals surface area (Å²) in [7, 11) is 0. The van der Waals surface area contributed by atoms with Gasteiger partial charge in [-0.2, -0.15) is 0 Å². The van der Waals surface area contributed by atoms with Crippen molar-refractivity contribution in [1.82, 2.24) is 25.3 Å². The van der Waals surface area contributed by atoms with Crippen LogP contribution in [0.25, 0.3) is 11.2 Å². The number of aromatic nitrogens is 4. The molecule has 2 N–H and O–H groups in total. The largest absolute Gasteiger partial charge is 0.464 e. The first-order valence-corrected chi connectivity index (χ1v) is 7.33. The summed E-state index contributed by atoms with van der Waals surface area (Å²) in [6, 6.07) is -0.671. The molecule has 0 saturated heterocycles. The second kappa shape index (κ2) is 7.02. The molecule has 1 amide bonds. The Bertz CT molecular complexity index is 645. The van der Waals surface area contributed by atoms with E-state index in [0.29, 0.717) is 16.2 Å². The van der Waals surface area contributed by atoms with E-state index in [1.807, 2.05) is 0 Å². The van der Waals surface area contributed by atoms with Crippen molar-refractivity contribution in [3.63, 3.8) is 0 Å². The number of nitrogens with zero attached hydrogens (tertiary/aromatic N) is 3. The van der Waals surface area contributed by atoms with Crippen LogP contribution in [0.15, 0.2) is 17.7 Å². The van der Waals surface area contributed by atoms with E-state index in [2.05, 4.69) is 25.3 Å². The molecule has 0 unspecified atom stereocenters. The third kappa shape index (κ3) is 3.91. The summed E-state index contributed by atoms with van der Waals surface area (Å²) in [6.45, 7) is 3.58. The zero-order valence-electron chi connectivity index (χ0n) is 11.6. The van der Waals surface area contributed by atoms with E-state index in [1.54, 1.807) is 13.8 Å². The number of carbonyl (C=O) groups excluding carboxylic acids is 2. The lowest BCUT2D eigenvalue weighted by Gasteiger charge is -2.12. The molecule has 0 bridgehead atoms. The van der Waals surface area contributed by atoms with Crippen molar-refractivity contribution < 1.29 is 14.3 Å². The molecule has 9 heteroatoms. The lowest BCUT2D eigenvalue weighted by molar-refractivity contribution is -0.146. The average Bonchev–Trinajstić information content (AvgIpc) is 2.94. The minimum absolute atomic E-state index is 0.134. The zero-order chi connectivity index (χ0) is 15.2. The highest BCUT2D eigenvalue weighted by Gasteiger charge is 2.17. The van der Waals surface area contributed by atoms with Gasteiger partial charge in [-0.15, -0.1) is 0 Å². The van der Waals surface area contributed by atoms with Crippen molar-refractivity contribution in [2.24, 2.45) is 0 Å². The average molecular weight is 309 g/mol. The summed E-state index contributed by atoms with van der Waals surface area (Å²) >= 11 is 1.24. The number of ether oxygens (including phenoxy) is 1. The Morgan fingerprint density at radius 2 is 2.24 bits per heavy atom. The van der Waals surface area contributed by atoms with Gasteiger partial charge in [0.05, 0.1) is 18.7 Å². The molecular weight excluding hydrogens is 294 g/mol. The van der Waals surface area contributed by atoms with Gasteiger partial charge >= 0.3 is 5.97 Å². The van der Waals surface area contributed by atoms with E-state index in [0.717, 1.165) is 0 Å². The number of imidazole rings is 1. The monoisotopic (exact) mass is 309 g/mol. The van der Waals surface area contributed by atoms with Crippen LogP contribution in [0.4, 0.5) is 0 Å². The molecule has 0 aromatic carbocycles. The highest BCUT2D eigenvalue weighted by atomic mass is 32.2. The van der Waals surface area contributed by atoms with Gasteiger partial charge in [0.2, 0.25) is 5.91 Å². The molecule has 2 rings (SSSR count). The molecule has 8 nitrogen and oxygen atoms in total. The summed E-state index contributed by atoms with van der Waals surface area (Å²) in [5.74, 6) is -0.588. The Hall–Kier alpha value is -2.16. The van der Waals surface area contributed by atoms with Gasteiger partial charge in [-0.1, -0.05) is 11.8 Å². The number of hydrogen-bond acceptors (Lipinski definition) is 7. The summed E-state index contributed by atoms with van der Waals surface area (Å²) < 4.78 is 4.82. The molecule has 0 spiro atoms. The minimum Gasteiger partial charge on any atom is -0.464 e. The number of nitrogens with one attached hydrogen (secondary N) is 2. The minimum atomic E-state index is -0.671. The Labute approximate surface area is 125 Å². The van der Waals surface area contributed by atoms with E-state index < -0.39 is 12.0 Å². The first-order chi connectivity index (χ1) is 10.1. The Kier molecular flexibility index (Phi) is 5.09. The molecule has 1 atom stereocenters. The maximum Gasteiger partial charge on any atom is 0.328 e. The summed E-state index contributed by atoms with van der Waals surface area (Å²) in [6.07, 6.45) is 2.91. The standard InChI is InChI=1S/C12H15N5O3S/c1-3-20-12(19)7(2)17-8(18)4-21-11-9-10(14-5-13-9)15-6-16-11/h5-7H,3-4H2,1-2H3,(H,17,18)(H,13,14,15,16)/t7-/m0/s1. The number of aromatic amines is 1. The molecule has 0 aliphatic heterocycles. The summed E-state index contributed by atoms with van der Waals surface area (Å²) in [5, 5.41) is 3.21. The number of H-pyrrole nitrogens is 1. The van der Waals surface area contributed by atoms with E-state index in [9.17, 15) is 9.59 Å². The molecule has 0 aliphatic rings. The van der Waals surface area contributed by atoms with Crippen molar-refractivity contribution in [1.29, 1.82) is 0 Å². The van der Waals surface area contributed by atoms with Crippen molar-refractivity contribution in [3.8, 4) is 0 Å². The van der Waals surface area contributed by atoms with Gasteiger partial charge in [0.1, 0.15) is 22.9 Å². The third-order valence-electron chi connectivity index (χ3n) is 2.55. The quantitative estimate of drug-likeness (QED) is 0.454. The van der Waals surface area contributed by atoms with Crippen LogP contribution in [-0.2, 0) is 14.3 Å². The highest BCUT2D eigenvalue weighted by molar-refractivity contribution is 8.00. The molecule has 2 aromatic heterocycles. The molecule has 21 heavy (non-hydrogen) atoms. The predicted molar refractivity (Wildman–Crippen MR) is 76.6 cm³/mol. The fraction of sp³-hybridized carbons (Fsp3) is 0.417. The molecule has 0 saturated carbocycles. The van der Waals surface area contributed by atoms with Gasteiger partial charge in [0.25, 0.3) is 0 Å². The van der Waals surface area contributed by atoms with E-state index in [4.69, 9.17) is 4.74 Å². The van der Waals surface area contributed by atoms with Crippen LogP contribution in [0.3, 0.4) is 0 Å². The number of esters is 1. The van der Waals surface area contributed by atoms with Crippen LogP contribution >= 0.6 is 11.8 Å². The van der Waals surface area contributed by atoms with Gasteiger partial charge in [-0.3, -0.25) is 4.79 Å². The molecule has 0 fully saturated rings. The summed E-state index contributed by atoms with van der Waals surface area (Å²) in [4.78, 5) is 38.3. The first-order valence-electron chi connectivity index (χ1n) is 6.34. The van der Waals surface area contributed by atoms with Gasteiger partial charge in [-0.05, 0) is 13.8 Å². The van der Waals surface area contributed by atoms with Crippen molar-refractivity contribution in [2.75, 3.05) is 12.4 Å². The number of rotatable bonds is 6. The number of hydrogen-bond donors (Lipinski definition) is 2. The molecule has 2 heterocycles. The maximum absolute atomic E-state index is 11.8.